The Morgan fingerprint density at radius 3 is 2.27 bits per heavy atom. The highest BCUT2D eigenvalue weighted by Gasteiger charge is 2.30. The summed E-state index contributed by atoms with van der Waals surface area (Å²) in [6.45, 7) is 0.600. The molecule has 2 aromatic carbocycles. The average Bonchev–Trinajstić information content (AvgIpc) is 2.62. The Labute approximate surface area is 158 Å². The van der Waals surface area contributed by atoms with Crippen molar-refractivity contribution < 1.29 is 22.7 Å². The van der Waals surface area contributed by atoms with Crippen LogP contribution in [0.4, 0.5) is 18.0 Å². The molecule has 8 heteroatoms. The van der Waals surface area contributed by atoms with E-state index in [9.17, 15) is 18.0 Å². The molecule has 26 heavy (non-hydrogen) atoms. The molecule has 0 aliphatic carbocycles. The van der Waals surface area contributed by atoms with Gasteiger partial charge < -0.3 is 9.64 Å². The zero-order valence-corrected chi connectivity index (χ0v) is 15.0. The zero-order valence-electron chi connectivity index (χ0n) is 13.4. The third kappa shape index (κ3) is 4.07. The second-order valence-electron chi connectivity index (χ2n) is 5.91. The molecule has 2 aromatic rings. The highest BCUT2D eigenvalue weighted by Crippen LogP contribution is 2.32. The van der Waals surface area contributed by atoms with Crippen molar-refractivity contribution in [1.29, 1.82) is 0 Å². The van der Waals surface area contributed by atoms with Crippen LogP contribution in [0, 0.1) is 0 Å². The van der Waals surface area contributed by atoms with E-state index in [-0.39, 0.29) is 13.2 Å². The highest BCUT2D eigenvalue weighted by molar-refractivity contribution is 6.34. The molecule has 0 fully saturated rings. The number of carbonyl (C=O) groups is 1. The normalized spacial score (nSPS) is 14.1. The largest absolute Gasteiger partial charge is 0.445 e. The fraction of sp³-hybridized carbons (Fsp3) is 0.278. The van der Waals surface area contributed by atoms with Crippen LogP contribution in [0.2, 0.25) is 10.0 Å². The predicted molar refractivity (Wildman–Crippen MR) is 92.2 cm³/mol. The number of halogens is 5. The molecule has 3 nitrogen and oxygen atoms in total. The highest BCUT2D eigenvalue weighted by atomic mass is 35.5. The second-order valence-corrected chi connectivity index (χ2v) is 6.72. The van der Waals surface area contributed by atoms with Gasteiger partial charge in [-0.25, -0.2) is 4.79 Å². The molecule has 3 rings (SSSR count). The summed E-state index contributed by atoms with van der Waals surface area (Å²) in [4.78, 5) is 13.7. The SMILES string of the molecule is O=C(OCc1ccc(C(F)(F)F)cc1)N1CCc2c(Cl)ccc(Cl)c2C1. The lowest BCUT2D eigenvalue weighted by molar-refractivity contribution is -0.137. The first kappa shape index (κ1) is 18.9. The minimum absolute atomic E-state index is 0.108. The fourth-order valence-corrected chi connectivity index (χ4v) is 3.28. The van der Waals surface area contributed by atoms with Crippen LogP contribution in [-0.2, 0) is 30.5 Å². The maximum atomic E-state index is 12.5. The Kier molecular flexibility index (Phi) is 5.34. The van der Waals surface area contributed by atoms with Crippen molar-refractivity contribution >= 4 is 29.3 Å². The van der Waals surface area contributed by atoms with Gasteiger partial charge in [-0.05, 0) is 47.4 Å². The van der Waals surface area contributed by atoms with Crippen molar-refractivity contribution in [2.24, 2.45) is 0 Å². The quantitative estimate of drug-likeness (QED) is 0.642. The van der Waals surface area contributed by atoms with Crippen LogP contribution >= 0.6 is 23.2 Å². The van der Waals surface area contributed by atoms with E-state index in [0.29, 0.717) is 28.6 Å². The maximum Gasteiger partial charge on any atom is 0.416 e. The number of nitrogens with zero attached hydrogens (tertiary/aromatic N) is 1. The summed E-state index contributed by atoms with van der Waals surface area (Å²) < 4.78 is 42.8. The van der Waals surface area contributed by atoms with Crippen LogP contribution in [0.15, 0.2) is 36.4 Å². The first-order valence-corrected chi connectivity index (χ1v) is 8.55. The van der Waals surface area contributed by atoms with Gasteiger partial charge in [0.2, 0.25) is 0 Å². The lowest BCUT2D eigenvalue weighted by Gasteiger charge is -2.29. The molecule has 0 spiro atoms. The Balaban J connectivity index is 1.62. The Morgan fingerprint density at radius 2 is 1.65 bits per heavy atom. The van der Waals surface area contributed by atoms with Gasteiger partial charge >= 0.3 is 12.3 Å². The van der Waals surface area contributed by atoms with Crippen LogP contribution < -0.4 is 0 Å². The van der Waals surface area contributed by atoms with Crippen LogP contribution in [0.1, 0.15) is 22.3 Å². The van der Waals surface area contributed by atoms with Gasteiger partial charge in [0.05, 0.1) is 12.1 Å². The summed E-state index contributed by atoms with van der Waals surface area (Å²) in [5, 5.41) is 1.15. The van der Waals surface area contributed by atoms with Crippen molar-refractivity contribution in [3.63, 3.8) is 0 Å². The summed E-state index contributed by atoms with van der Waals surface area (Å²) in [5.41, 5.74) is 1.44. The Bertz CT molecular complexity index is 822. The van der Waals surface area contributed by atoms with E-state index in [2.05, 4.69) is 0 Å². The minimum Gasteiger partial charge on any atom is -0.445 e. The predicted octanol–water partition coefficient (Wildman–Crippen LogP) is 5.71. The summed E-state index contributed by atoms with van der Waals surface area (Å²) in [6.07, 6.45) is -4.38. The number of benzene rings is 2. The van der Waals surface area contributed by atoms with Crippen LogP contribution in [-0.4, -0.2) is 17.5 Å². The van der Waals surface area contributed by atoms with Crippen molar-refractivity contribution in [3.8, 4) is 0 Å². The van der Waals surface area contributed by atoms with Crippen LogP contribution in [0.5, 0.6) is 0 Å². The topological polar surface area (TPSA) is 29.5 Å². The number of fused-ring (bicyclic) bond motifs is 1. The molecular weight excluding hydrogens is 390 g/mol. The van der Waals surface area contributed by atoms with Crippen molar-refractivity contribution in [2.45, 2.75) is 25.7 Å². The van der Waals surface area contributed by atoms with Gasteiger partial charge in [-0.1, -0.05) is 35.3 Å². The maximum absolute atomic E-state index is 12.5. The van der Waals surface area contributed by atoms with Gasteiger partial charge in [-0.3, -0.25) is 0 Å². The molecule has 0 saturated carbocycles. The fourth-order valence-electron chi connectivity index (χ4n) is 2.78. The van der Waals surface area contributed by atoms with E-state index in [1.165, 1.54) is 17.0 Å². The monoisotopic (exact) mass is 403 g/mol. The summed E-state index contributed by atoms with van der Waals surface area (Å²) in [5.74, 6) is 0. The number of rotatable bonds is 2. The van der Waals surface area contributed by atoms with E-state index >= 15 is 0 Å². The van der Waals surface area contributed by atoms with E-state index in [1.807, 2.05) is 0 Å². The molecule has 0 bridgehead atoms. The molecular formula is C18H14Cl2F3NO2. The van der Waals surface area contributed by atoms with Gasteiger partial charge in [-0.15, -0.1) is 0 Å². The van der Waals surface area contributed by atoms with Gasteiger partial charge in [0, 0.05) is 16.6 Å². The molecule has 138 valence electrons. The molecule has 1 amide bonds. The first-order chi connectivity index (χ1) is 12.3. The molecule has 1 aliphatic rings. The third-order valence-electron chi connectivity index (χ3n) is 4.20. The van der Waals surface area contributed by atoms with E-state index in [1.54, 1.807) is 12.1 Å². The minimum atomic E-state index is -4.39. The van der Waals surface area contributed by atoms with Gasteiger partial charge in [-0.2, -0.15) is 13.2 Å². The number of hydrogen-bond acceptors (Lipinski definition) is 2. The van der Waals surface area contributed by atoms with Gasteiger partial charge in [0.25, 0.3) is 0 Å². The van der Waals surface area contributed by atoms with E-state index in [4.69, 9.17) is 27.9 Å². The molecule has 1 aliphatic heterocycles. The van der Waals surface area contributed by atoms with Crippen LogP contribution in [0.25, 0.3) is 0 Å². The molecule has 0 aromatic heterocycles. The summed E-state index contributed by atoms with van der Waals surface area (Å²) in [6, 6.07) is 7.90. The zero-order chi connectivity index (χ0) is 18.9. The Hall–Kier alpha value is -1.92. The molecule has 0 saturated heterocycles. The van der Waals surface area contributed by atoms with E-state index in [0.717, 1.165) is 23.3 Å². The molecule has 0 radical (unpaired) electrons. The standard InChI is InChI=1S/C18H14Cl2F3NO2/c19-15-5-6-16(20)14-9-24(8-7-13(14)15)17(25)26-10-11-1-3-12(4-2-11)18(21,22)23/h1-6H,7-10H2. The lowest BCUT2D eigenvalue weighted by Crippen LogP contribution is -2.36. The molecule has 0 atom stereocenters. The van der Waals surface area contributed by atoms with Crippen molar-refractivity contribution in [1.82, 2.24) is 4.90 Å². The molecule has 1 heterocycles. The smallest absolute Gasteiger partial charge is 0.416 e. The molecule has 0 unspecified atom stereocenters. The number of ether oxygens (including phenoxy) is 1. The van der Waals surface area contributed by atoms with Crippen LogP contribution in [0.3, 0.4) is 0 Å². The van der Waals surface area contributed by atoms with Gasteiger partial charge in [0.15, 0.2) is 0 Å². The number of amides is 1. The second kappa shape index (κ2) is 7.37. The number of hydrogen-bond donors (Lipinski definition) is 0. The van der Waals surface area contributed by atoms with Gasteiger partial charge in [0.1, 0.15) is 6.61 Å². The van der Waals surface area contributed by atoms with Crippen molar-refractivity contribution in [3.05, 3.63) is 68.7 Å². The first-order valence-electron chi connectivity index (χ1n) is 7.79. The number of carbonyl (C=O) groups excluding carboxylic acids is 1. The summed E-state index contributed by atoms with van der Waals surface area (Å²) >= 11 is 12.3. The third-order valence-corrected chi connectivity index (χ3v) is 4.91. The lowest BCUT2D eigenvalue weighted by atomic mass is 10.00. The summed E-state index contributed by atoms with van der Waals surface area (Å²) in [7, 11) is 0. The Morgan fingerprint density at radius 1 is 1.04 bits per heavy atom. The van der Waals surface area contributed by atoms with Crippen molar-refractivity contribution in [2.75, 3.05) is 6.54 Å². The molecule has 0 N–H and O–H groups in total. The average molecular weight is 404 g/mol. The van der Waals surface area contributed by atoms with E-state index < -0.39 is 17.8 Å². The number of alkyl halides is 3.